The van der Waals surface area contributed by atoms with Gasteiger partial charge in [0.15, 0.2) is 0 Å². The molecule has 1 aliphatic rings. The Morgan fingerprint density at radius 2 is 2.20 bits per heavy atom. The summed E-state index contributed by atoms with van der Waals surface area (Å²) in [7, 11) is -4.11. The fraction of sp³-hybridized carbons (Fsp3) is 0.417. The zero-order valence-corrected chi connectivity index (χ0v) is 11.6. The van der Waals surface area contributed by atoms with Crippen molar-refractivity contribution in [2.75, 3.05) is 11.9 Å². The number of sulfonamides is 1. The van der Waals surface area contributed by atoms with Crippen molar-refractivity contribution in [1.82, 2.24) is 0 Å². The molecule has 0 spiro atoms. The van der Waals surface area contributed by atoms with E-state index in [2.05, 4.69) is 5.32 Å². The lowest BCUT2D eigenvalue weighted by Crippen LogP contribution is -2.27. The van der Waals surface area contributed by atoms with Crippen LogP contribution in [0.2, 0.25) is 0 Å². The van der Waals surface area contributed by atoms with Gasteiger partial charge in [0, 0.05) is 12.3 Å². The number of nitrogens with two attached hydrogens (primary N) is 1. The molecule has 110 valence electrons. The average molecular weight is 302 g/mol. The molecule has 0 aromatic heterocycles. The van der Waals surface area contributed by atoms with Crippen LogP contribution < -0.4 is 10.5 Å². The Kier molecular flexibility index (Phi) is 4.07. The number of ether oxygens (including phenoxy) is 1. The van der Waals surface area contributed by atoms with Crippen LogP contribution in [0.4, 0.5) is 10.1 Å². The van der Waals surface area contributed by atoms with E-state index >= 15 is 0 Å². The van der Waals surface area contributed by atoms with Crippen molar-refractivity contribution in [3.63, 3.8) is 0 Å². The molecule has 0 saturated carbocycles. The normalized spacial score (nSPS) is 22.8. The first-order valence-corrected chi connectivity index (χ1v) is 7.58. The van der Waals surface area contributed by atoms with Crippen molar-refractivity contribution in [3.8, 4) is 0 Å². The van der Waals surface area contributed by atoms with Crippen LogP contribution in [0.5, 0.6) is 0 Å². The number of hydrogen-bond donors (Lipinski definition) is 2. The van der Waals surface area contributed by atoms with E-state index in [4.69, 9.17) is 9.88 Å². The van der Waals surface area contributed by atoms with Gasteiger partial charge in [-0.05, 0) is 31.5 Å². The number of primary sulfonamides is 1. The van der Waals surface area contributed by atoms with Crippen molar-refractivity contribution in [1.29, 1.82) is 0 Å². The summed E-state index contributed by atoms with van der Waals surface area (Å²) in [5, 5.41) is 7.39. The van der Waals surface area contributed by atoms with E-state index in [0.717, 1.165) is 12.1 Å². The zero-order valence-electron chi connectivity index (χ0n) is 10.8. The lowest BCUT2D eigenvalue weighted by Gasteiger charge is -2.14. The zero-order chi connectivity index (χ0) is 14.9. The summed E-state index contributed by atoms with van der Waals surface area (Å²) in [4.78, 5) is 11.4. The molecule has 1 aromatic carbocycles. The lowest BCUT2D eigenvalue weighted by molar-refractivity contribution is -0.121. The smallest absolute Gasteiger partial charge is 0.240 e. The van der Waals surface area contributed by atoms with Crippen LogP contribution >= 0.6 is 0 Å². The molecule has 1 heterocycles. The molecule has 20 heavy (non-hydrogen) atoms. The van der Waals surface area contributed by atoms with Gasteiger partial charge in [-0.3, -0.25) is 4.79 Å². The highest BCUT2D eigenvalue weighted by molar-refractivity contribution is 7.89. The van der Waals surface area contributed by atoms with Crippen LogP contribution in [-0.2, 0) is 19.6 Å². The van der Waals surface area contributed by atoms with Gasteiger partial charge in [-0.1, -0.05) is 0 Å². The maximum Gasteiger partial charge on any atom is 0.240 e. The van der Waals surface area contributed by atoms with Gasteiger partial charge in [-0.15, -0.1) is 0 Å². The summed E-state index contributed by atoms with van der Waals surface area (Å²) >= 11 is 0. The Bertz CT molecular complexity index is 632. The fourth-order valence-corrected chi connectivity index (χ4v) is 2.71. The molecule has 0 bridgehead atoms. The molecular formula is C12H15FN2O4S. The standard InChI is InChI=1S/C12H15FN2O4S/c1-7-9(4-5-19-7)12(16)15-8-2-3-11(10(13)6-8)20(14,17)18/h2-3,6-7,9H,4-5H2,1H3,(H,15,16)(H2,14,17,18). The average Bonchev–Trinajstić information content (AvgIpc) is 2.73. The van der Waals surface area contributed by atoms with Crippen molar-refractivity contribution in [3.05, 3.63) is 24.0 Å². The van der Waals surface area contributed by atoms with E-state index in [1.807, 2.05) is 0 Å². The molecule has 1 fully saturated rings. The minimum atomic E-state index is -4.11. The van der Waals surface area contributed by atoms with Gasteiger partial charge in [0.1, 0.15) is 10.7 Å². The number of carbonyl (C=O) groups excluding carboxylic acids is 1. The molecule has 2 unspecified atom stereocenters. The van der Waals surface area contributed by atoms with Crippen molar-refractivity contribution in [2.45, 2.75) is 24.3 Å². The molecule has 2 atom stereocenters. The van der Waals surface area contributed by atoms with E-state index in [1.165, 1.54) is 6.07 Å². The van der Waals surface area contributed by atoms with Gasteiger partial charge in [0.2, 0.25) is 15.9 Å². The van der Waals surface area contributed by atoms with Crippen molar-refractivity contribution < 1.29 is 22.3 Å². The quantitative estimate of drug-likeness (QED) is 0.864. The second-order valence-electron chi connectivity index (χ2n) is 4.65. The summed E-state index contributed by atoms with van der Waals surface area (Å²) in [6.45, 7) is 2.31. The van der Waals surface area contributed by atoms with Gasteiger partial charge in [-0.2, -0.15) is 0 Å². The highest BCUT2D eigenvalue weighted by Gasteiger charge is 2.30. The molecule has 1 amide bonds. The van der Waals surface area contributed by atoms with Crippen LogP contribution in [0.15, 0.2) is 23.1 Å². The Morgan fingerprint density at radius 1 is 1.50 bits per heavy atom. The van der Waals surface area contributed by atoms with Gasteiger partial charge in [0.05, 0.1) is 12.0 Å². The minimum Gasteiger partial charge on any atom is -0.378 e. The first kappa shape index (κ1) is 14.9. The van der Waals surface area contributed by atoms with Crippen molar-refractivity contribution >= 4 is 21.6 Å². The van der Waals surface area contributed by atoms with Crippen molar-refractivity contribution in [2.24, 2.45) is 11.1 Å². The summed E-state index contributed by atoms with van der Waals surface area (Å²) in [6.07, 6.45) is 0.411. The van der Waals surface area contributed by atoms with Crippen LogP contribution in [0.1, 0.15) is 13.3 Å². The molecule has 0 radical (unpaired) electrons. The van der Waals surface area contributed by atoms with Crippen LogP contribution in [0.3, 0.4) is 0 Å². The number of nitrogens with one attached hydrogen (secondary N) is 1. The molecule has 8 heteroatoms. The maximum absolute atomic E-state index is 13.6. The highest BCUT2D eigenvalue weighted by Crippen LogP contribution is 2.23. The van der Waals surface area contributed by atoms with Gasteiger partial charge < -0.3 is 10.1 Å². The Labute approximate surface area is 116 Å². The highest BCUT2D eigenvalue weighted by atomic mass is 32.2. The minimum absolute atomic E-state index is 0.180. The third-order valence-corrected chi connectivity index (χ3v) is 4.16. The van der Waals surface area contributed by atoms with Crippen LogP contribution in [-0.4, -0.2) is 27.0 Å². The first-order valence-electron chi connectivity index (χ1n) is 6.04. The summed E-state index contributed by atoms with van der Waals surface area (Å²) in [5.41, 5.74) is 0.180. The van der Waals surface area contributed by atoms with E-state index in [9.17, 15) is 17.6 Å². The topological polar surface area (TPSA) is 98.5 Å². The monoisotopic (exact) mass is 302 g/mol. The number of rotatable bonds is 3. The number of amides is 1. The second kappa shape index (κ2) is 5.47. The fourth-order valence-electron chi connectivity index (χ4n) is 2.12. The second-order valence-corrected chi connectivity index (χ2v) is 6.18. The number of hydrogen-bond acceptors (Lipinski definition) is 4. The molecule has 3 N–H and O–H groups in total. The largest absolute Gasteiger partial charge is 0.378 e. The Hall–Kier alpha value is -1.51. The maximum atomic E-state index is 13.6. The molecule has 6 nitrogen and oxygen atoms in total. The van der Waals surface area contributed by atoms with E-state index in [0.29, 0.717) is 13.0 Å². The number of benzene rings is 1. The Balaban J connectivity index is 2.15. The third kappa shape index (κ3) is 3.14. The first-order chi connectivity index (χ1) is 9.29. The van der Waals surface area contributed by atoms with Gasteiger partial charge in [0.25, 0.3) is 0 Å². The van der Waals surface area contributed by atoms with Gasteiger partial charge in [-0.25, -0.2) is 17.9 Å². The number of carbonyl (C=O) groups is 1. The molecule has 1 aromatic rings. The van der Waals surface area contributed by atoms with Crippen LogP contribution in [0, 0.1) is 11.7 Å². The third-order valence-electron chi connectivity index (χ3n) is 3.22. The van der Waals surface area contributed by atoms with Gasteiger partial charge >= 0.3 is 0 Å². The molecule has 1 saturated heterocycles. The summed E-state index contributed by atoms with van der Waals surface area (Å²) in [5.74, 6) is -1.57. The molecular weight excluding hydrogens is 287 g/mol. The van der Waals surface area contributed by atoms with E-state index in [-0.39, 0.29) is 23.6 Å². The number of halogens is 1. The lowest BCUT2D eigenvalue weighted by atomic mass is 10.0. The predicted molar refractivity (Wildman–Crippen MR) is 69.9 cm³/mol. The molecule has 2 rings (SSSR count). The van der Waals surface area contributed by atoms with E-state index < -0.39 is 20.7 Å². The number of anilines is 1. The SMILES string of the molecule is CC1OCCC1C(=O)Nc1ccc(S(N)(=O)=O)c(F)c1. The molecule has 0 aliphatic carbocycles. The summed E-state index contributed by atoms with van der Waals surface area (Å²) < 4.78 is 41.0. The predicted octanol–water partition coefficient (Wildman–Crippen LogP) is 0.837. The molecule has 1 aliphatic heterocycles. The van der Waals surface area contributed by atoms with Crippen LogP contribution in [0.25, 0.3) is 0 Å². The summed E-state index contributed by atoms with van der Waals surface area (Å²) in [6, 6.07) is 3.24. The Morgan fingerprint density at radius 3 is 2.70 bits per heavy atom. The van der Waals surface area contributed by atoms with E-state index in [1.54, 1.807) is 6.92 Å².